The van der Waals surface area contributed by atoms with E-state index in [4.69, 9.17) is 4.74 Å². The molecule has 1 rings (SSSR count). The van der Waals surface area contributed by atoms with Crippen molar-refractivity contribution in [2.75, 3.05) is 20.3 Å². The van der Waals surface area contributed by atoms with Crippen molar-refractivity contribution >= 4 is 0 Å². The Balaban J connectivity index is 2.48. The Bertz CT molecular complexity index is 199. The second-order valence-corrected chi connectivity index (χ2v) is 6.45. The fourth-order valence-electron chi connectivity index (χ4n) is 2.86. The molecule has 0 saturated heterocycles. The lowest BCUT2D eigenvalue weighted by atomic mass is 9.67. The highest BCUT2D eigenvalue weighted by atomic mass is 16.5. The molecule has 0 bridgehead atoms. The van der Waals surface area contributed by atoms with Crippen molar-refractivity contribution in [2.24, 2.45) is 17.3 Å². The maximum Gasteiger partial charge on any atom is 0.0493 e. The summed E-state index contributed by atoms with van der Waals surface area (Å²) < 4.78 is 5.38. The van der Waals surface area contributed by atoms with Crippen molar-refractivity contribution in [1.29, 1.82) is 0 Å². The quantitative estimate of drug-likeness (QED) is 0.779. The monoisotopic (exact) mass is 227 g/mol. The second-order valence-electron chi connectivity index (χ2n) is 6.45. The minimum atomic E-state index is 0.511. The molecule has 0 aromatic rings. The Kier molecular flexibility index (Phi) is 5.26. The third kappa shape index (κ3) is 4.42. The Hall–Kier alpha value is -0.0800. The summed E-state index contributed by atoms with van der Waals surface area (Å²) in [5.41, 5.74) is 0.511. The van der Waals surface area contributed by atoms with Crippen molar-refractivity contribution in [2.45, 2.75) is 53.0 Å². The summed E-state index contributed by atoms with van der Waals surface area (Å²) in [7, 11) is 1.83. The van der Waals surface area contributed by atoms with Gasteiger partial charge in [-0.2, -0.15) is 0 Å². The average molecular weight is 227 g/mol. The summed E-state index contributed by atoms with van der Waals surface area (Å²) in [5, 5.41) is 3.58. The third-order valence-electron chi connectivity index (χ3n) is 3.84. The van der Waals surface area contributed by atoms with Crippen LogP contribution in [0.5, 0.6) is 0 Å². The van der Waals surface area contributed by atoms with Gasteiger partial charge in [-0.3, -0.25) is 0 Å². The molecule has 2 heteroatoms. The maximum atomic E-state index is 5.38. The van der Waals surface area contributed by atoms with Gasteiger partial charge in [0.1, 0.15) is 0 Å². The van der Waals surface area contributed by atoms with Crippen LogP contribution in [0, 0.1) is 17.3 Å². The lowest BCUT2D eigenvalue weighted by Crippen LogP contribution is -2.39. The number of rotatable bonds is 5. The van der Waals surface area contributed by atoms with Crippen molar-refractivity contribution in [3.63, 3.8) is 0 Å². The van der Waals surface area contributed by atoms with Crippen molar-refractivity contribution in [3.05, 3.63) is 0 Å². The van der Waals surface area contributed by atoms with Crippen molar-refractivity contribution in [3.8, 4) is 0 Å². The standard InChI is InChI=1S/C14H29NO/c1-11(2)15-9-12-6-7-14(3,4)8-13(12)10-16-5/h11-13,15H,6-10H2,1-5H3. The van der Waals surface area contributed by atoms with Crippen LogP contribution in [-0.4, -0.2) is 26.3 Å². The van der Waals surface area contributed by atoms with E-state index in [1.165, 1.54) is 19.3 Å². The van der Waals surface area contributed by atoms with E-state index < -0.39 is 0 Å². The molecule has 1 aliphatic carbocycles. The van der Waals surface area contributed by atoms with E-state index in [0.29, 0.717) is 11.5 Å². The molecule has 2 atom stereocenters. The lowest BCUT2D eigenvalue weighted by molar-refractivity contribution is 0.0457. The molecule has 0 aromatic carbocycles. The first kappa shape index (κ1) is 14.0. The normalized spacial score (nSPS) is 29.6. The molecule has 1 N–H and O–H groups in total. The minimum absolute atomic E-state index is 0.511. The van der Waals surface area contributed by atoms with Crippen molar-refractivity contribution < 1.29 is 4.74 Å². The molecule has 0 aliphatic heterocycles. The fraction of sp³-hybridized carbons (Fsp3) is 1.00. The van der Waals surface area contributed by atoms with Crippen LogP contribution in [0.1, 0.15) is 47.0 Å². The first-order valence-electron chi connectivity index (χ1n) is 6.67. The molecule has 0 amide bonds. The van der Waals surface area contributed by atoms with Crippen LogP contribution in [0.4, 0.5) is 0 Å². The summed E-state index contributed by atoms with van der Waals surface area (Å²) in [4.78, 5) is 0. The van der Waals surface area contributed by atoms with Gasteiger partial charge in [0.05, 0.1) is 0 Å². The Morgan fingerprint density at radius 1 is 1.31 bits per heavy atom. The van der Waals surface area contributed by atoms with Gasteiger partial charge < -0.3 is 10.1 Å². The van der Waals surface area contributed by atoms with E-state index in [-0.39, 0.29) is 0 Å². The first-order chi connectivity index (χ1) is 7.44. The summed E-state index contributed by atoms with van der Waals surface area (Å²) in [6, 6.07) is 0.595. The van der Waals surface area contributed by atoms with Crippen LogP contribution in [0.25, 0.3) is 0 Å². The molecule has 0 spiro atoms. The van der Waals surface area contributed by atoms with Gasteiger partial charge >= 0.3 is 0 Å². The zero-order chi connectivity index (χ0) is 12.2. The molecule has 0 aromatic heterocycles. The molecule has 2 nitrogen and oxygen atoms in total. The van der Waals surface area contributed by atoms with Crippen LogP contribution < -0.4 is 5.32 Å². The molecule has 16 heavy (non-hydrogen) atoms. The van der Waals surface area contributed by atoms with Crippen molar-refractivity contribution in [1.82, 2.24) is 5.32 Å². The van der Waals surface area contributed by atoms with Gasteiger partial charge in [-0.05, 0) is 43.1 Å². The van der Waals surface area contributed by atoms with Gasteiger partial charge in [-0.1, -0.05) is 27.7 Å². The van der Waals surface area contributed by atoms with Gasteiger partial charge in [-0.25, -0.2) is 0 Å². The van der Waals surface area contributed by atoms with Crippen LogP contribution in [0.15, 0.2) is 0 Å². The zero-order valence-corrected chi connectivity index (χ0v) is 11.7. The number of hydrogen-bond acceptors (Lipinski definition) is 2. The highest BCUT2D eigenvalue weighted by molar-refractivity contribution is 4.86. The fourth-order valence-corrected chi connectivity index (χ4v) is 2.86. The largest absolute Gasteiger partial charge is 0.384 e. The zero-order valence-electron chi connectivity index (χ0n) is 11.7. The number of hydrogen-bond donors (Lipinski definition) is 1. The molecule has 2 unspecified atom stereocenters. The van der Waals surface area contributed by atoms with E-state index in [1.807, 2.05) is 7.11 Å². The Morgan fingerprint density at radius 3 is 2.56 bits per heavy atom. The third-order valence-corrected chi connectivity index (χ3v) is 3.84. The molecule has 1 saturated carbocycles. The molecule has 1 fully saturated rings. The van der Waals surface area contributed by atoms with E-state index in [0.717, 1.165) is 25.0 Å². The first-order valence-corrected chi connectivity index (χ1v) is 6.67. The van der Waals surface area contributed by atoms with Gasteiger partial charge in [-0.15, -0.1) is 0 Å². The summed E-state index contributed by atoms with van der Waals surface area (Å²) in [6.07, 6.45) is 4.02. The summed E-state index contributed by atoms with van der Waals surface area (Å²) >= 11 is 0. The number of nitrogens with one attached hydrogen (secondary N) is 1. The SMILES string of the molecule is COCC1CC(C)(C)CCC1CNC(C)C. The Morgan fingerprint density at radius 2 is 2.00 bits per heavy atom. The second kappa shape index (κ2) is 6.02. The van der Waals surface area contributed by atoms with Crippen LogP contribution in [-0.2, 0) is 4.74 Å². The highest BCUT2D eigenvalue weighted by Gasteiger charge is 2.34. The van der Waals surface area contributed by atoms with Crippen LogP contribution in [0.3, 0.4) is 0 Å². The van der Waals surface area contributed by atoms with Crippen LogP contribution >= 0.6 is 0 Å². The Labute approximate surface area is 101 Å². The van der Waals surface area contributed by atoms with Gasteiger partial charge in [0.25, 0.3) is 0 Å². The lowest BCUT2D eigenvalue weighted by Gasteiger charge is -2.41. The predicted octanol–water partition coefficient (Wildman–Crippen LogP) is 3.07. The maximum absolute atomic E-state index is 5.38. The summed E-state index contributed by atoms with van der Waals surface area (Å²) in [6.45, 7) is 11.3. The van der Waals surface area contributed by atoms with Gasteiger partial charge in [0.2, 0.25) is 0 Å². The smallest absolute Gasteiger partial charge is 0.0493 e. The number of ether oxygens (including phenoxy) is 1. The van der Waals surface area contributed by atoms with E-state index in [1.54, 1.807) is 0 Å². The molecule has 96 valence electrons. The van der Waals surface area contributed by atoms with Gasteiger partial charge in [0, 0.05) is 19.8 Å². The van der Waals surface area contributed by atoms with Crippen LogP contribution in [0.2, 0.25) is 0 Å². The predicted molar refractivity (Wildman–Crippen MR) is 69.6 cm³/mol. The van der Waals surface area contributed by atoms with E-state index >= 15 is 0 Å². The highest BCUT2D eigenvalue weighted by Crippen LogP contribution is 2.41. The topological polar surface area (TPSA) is 21.3 Å². The summed E-state index contributed by atoms with van der Waals surface area (Å²) in [5.74, 6) is 1.54. The molecule has 0 heterocycles. The van der Waals surface area contributed by atoms with E-state index in [9.17, 15) is 0 Å². The minimum Gasteiger partial charge on any atom is -0.384 e. The van der Waals surface area contributed by atoms with Gasteiger partial charge in [0.15, 0.2) is 0 Å². The molecular formula is C14H29NO. The van der Waals surface area contributed by atoms with E-state index in [2.05, 4.69) is 33.0 Å². The molecule has 0 radical (unpaired) electrons. The average Bonchev–Trinajstić information content (AvgIpc) is 2.15. The molecular weight excluding hydrogens is 198 g/mol. The number of methoxy groups -OCH3 is 1. The molecule has 1 aliphatic rings.